The van der Waals surface area contributed by atoms with E-state index in [0.29, 0.717) is 6.42 Å². The van der Waals surface area contributed by atoms with Gasteiger partial charge < -0.3 is 15.0 Å². The van der Waals surface area contributed by atoms with E-state index in [-0.39, 0.29) is 30.9 Å². The Labute approximate surface area is 165 Å². The van der Waals surface area contributed by atoms with Crippen LogP contribution in [0.3, 0.4) is 0 Å². The Balaban J connectivity index is 1.46. The zero-order chi connectivity index (χ0) is 19.8. The zero-order valence-electron chi connectivity index (χ0n) is 16.1. The third kappa shape index (κ3) is 5.22. The van der Waals surface area contributed by atoms with E-state index in [1.807, 2.05) is 60.8 Å². The average Bonchev–Trinajstić information content (AvgIpc) is 3.14. The molecule has 0 radical (unpaired) electrons. The molecule has 3 rings (SSSR count). The van der Waals surface area contributed by atoms with Crippen LogP contribution < -0.4 is 5.32 Å². The van der Waals surface area contributed by atoms with Gasteiger partial charge in [-0.1, -0.05) is 61.9 Å². The van der Waals surface area contributed by atoms with Crippen molar-refractivity contribution in [2.75, 3.05) is 6.61 Å². The number of amides is 1. The lowest BCUT2D eigenvalue weighted by molar-refractivity contribution is -0.148. The fourth-order valence-electron chi connectivity index (χ4n) is 3.33. The molecule has 0 saturated carbocycles. The van der Waals surface area contributed by atoms with Gasteiger partial charge in [0.2, 0.25) is 0 Å². The van der Waals surface area contributed by atoms with Crippen LogP contribution in [0.1, 0.15) is 43.4 Å². The van der Waals surface area contributed by atoms with Crippen molar-refractivity contribution >= 4 is 22.8 Å². The Kier molecular flexibility index (Phi) is 6.84. The van der Waals surface area contributed by atoms with Crippen molar-refractivity contribution in [3.05, 3.63) is 71.9 Å². The summed E-state index contributed by atoms with van der Waals surface area (Å²) >= 11 is 0. The number of ether oxygens (including phenoxy) is 1. The largest absolute Gasteiger partial charge is 0.456 e. The molecule has 0 aliphatic rings. The van der Waals surface area contributed by atoms with Gasteiger partial charge in [0, 0.05) is 23.5 Å². The van der Waals surface area contributed by atoms with Crippen LogP contribution in [-0.2, 0) is 20.7 Å². The first-order valence-electron chi connectivity index (χ1n) is 9.72. The van der Waals surface area contributed by atoms with E-state index in [0.717, 1.165) is 34.9 Å². The van der Waals surface area contributed by atoms with Crippen molar-refractivity contribution < 1.29 is 14.3 Å². The SMILES string of the molecule is CCC[C@@H](NC(=O)COC(=O)CCc1c[nH]c2ccccc12)c1ccccc1. The Bertz CT molecular complexity index is 918. The maximum absolute atomic E-state index is 12.2. The molecule has 28 heavy (non-hydrogen) atoms. The number of nitrogens with one attached hydrogen (secondary N) is 2. The number of H-pyrrole nitrogens is 1. The van der Waals surface area contributed by atoms with E-state index in [1.165, 1.54) is 0 Å². The van der Waals surface area contributed by atoms with Crippen LogP contribution in [-0.4, -0.2) is 23.5 Å². The van der Waals surface area contributed by atoms with Gasteiger partial charge in [-0.05, 0) is 30.0 Å². The Morgan fingerprint density at radius 3 is 2.61 bits per heavy atom. The van der Waals surface area contributed by atoms with Crippen molar-refractivity contribution in [1.29, 1.82) is 0 Å². The van der Waals surface area contributed by atoms with Gasteiger partial charge in [-0.2, -0.15) is 0 Å². The summed E-state index contributed by atoms with van der Waals surface area (Å²) in [5, 5.41) is 4.07. The Hall–Kier alpha value is -3.08. The maximum Gasteiger partial charge on any atom is 0.306 e. The fourth-order valence-corrected chi connectivity index (χ4v) is 3.33. The van der Waals surface area contributed by atoms with Crippen LogP contribution in [0.25, 0.3) is 10.9 Å². The summed E-state index contributed by atoms with van der Waals surface area (Å²) in [5.41, 5.74) is 3.18. The molecule has 0 bridgehead atoms. The molecule has 1 amide bonds. The minimum Gasteiger partial charge on any atom is -0.456 e. The molecule has 2 N–H and O–H groups in total. The summed E-state index contributed by atoms with van der Waals surface area (Å²) < 4.78 is 5.17. The molecule has 1 atom stereocenters. The number of aryl methyl sites for hydroxylation is 1. The Morgan fingerprint density at radius 2 is 1.82 bits per heavy atom. The number of carbonyl (C=O) groups is 2. The van der Waals surface area contributed by atoms with E-state index in [9.17, 15) is 9.59 Å². The van der Waals surface area contributed by atoms with Gasteiger partial charge in [-0.15, -0.1) is 0 Å². The number of benzene rings is 2. The van der Waals surface area contributed by atoms with Gasteiger partial charge in [0.1, 0.15) is 0 Å². The predicted molar refractivity (Wildman–Crippen MR) is 110 cm³/mol. The van der Waals surface area contributed by atoms with Crippen molar-refractivity contribution in [2.45, 2.75) is 38.6 Å². The molecule has 146 valence electrons. The number of fused-ring (bicyclic) bond motifs is 1. The zero-order valence-corrected chi connectivity index (χ0v) is 16.1. The molecule has 2 aromatic carbocycles. The van der Waals surface area contributed by atoms with Crippen molar-refractivity contribution in [1.82, 2.24) is 10.3 Å². The van der Waals surface area contributed by atoms with Gasteiger partial charge in [-0.25, -0.2) is 0 Å². The smallest absolute Gasteiger partial charge is 0.306 e. The highest BCUT2D eigenvalue weighted by atomic mass is 16.5. The van der Waals surface area contributed by atoms with Crippen LogP contribution >= 0.6 is 0 Å². The minimum absolute atomic E-state index is 0.0661. The number of carbonyl (C=O) groups excluding carboxylic acids is 2. The van der Waals surface area contributed by atoms with E-state index < -0.39 is 0 Å². The molecule has 5 nitrogen and oxygen atoms in total. The number of aromatic amines is 1. The summed E-state index contributed by atoms with van der Waals surface area (Å²) in [6.45, 7) is 1.83. The molecule has 1 heterocycles. The molecule has 0 spiro atoms. The lowest BCUT2D eigenvalue weighted by Crippen LogP contribution is -2.32. The molecule has 5 heteroatoms. The van der Waals surface area contributed by atoms with E-state index in [2.05, 4.69) is 17.2 Å². The minimum atomic E-state index is -0.368. The molecule has 0 fully saturated rings. The highest BCUT2D eigenvalue weighted by Gasteiger charge is 2.15. The van der Waals surface area contributed by atoms with E-state index >= 15 is 0 Å². The second-order valence-corrected chi connectivity index (χ2v) is 6.84. The molecule has 0 aliphatic heterocycles. The number of para-hydroxylation sites is 1. The first-order valence-corrected chi connectivity index (χ1v) is 9.72. The number of rotatable bonds is 9. The van der Waals surface area contributed by atoms with Gasteiger partial charge >= 0.3 is 5.97 Å². The first kappa shape index (κ1) is 19.7. The summed E-state index contributed by atoms with van der Waals surface area (Å²) in [6.07, 6.45) is 4.52. The monoisotopic (exact) mass is 378 g/mol. The van der Waals surface area contributed by atoms with Crippen molar-refractivity contribution in [3.63, 3.8) is 0 Å². The van der Waals surface area contributed by atoms with Crippen LogP contribution in [0.2, 0.25) is 0 Å². The normalized spacial score (nSPS) is 11.9. The number of esters is 1. The third-order valence-electron chi connectivity index (χ3n) is 4.75. The number of hydrogen-bond donors (Lipinski definition) is 2. The molecule has 0 saturated heterocycles. The average molecular weight is 378 g/mol. The quantitative estimate of drug-likeness (QED) is 0.545. The summed E-state index contributed by atoms with van der Waals surface area (Å²) in [7, 11) is 0. The predicted octanol–water partition coefficient (Wildman–Crippen LogP) is 4.30. The van der Waals surface area contributed by atoms with Crippen LogP contribution in [0.15, 0.2) is 60.8 Å². The topological polar surface area (TPSA) is 71.2 Å². The molecule has 0 unspecified atom stereocenters. The second kappa shape index (κ2) is 9.74. The second-order valence-electron chi connectivity index (χ2n) is 6.84. The summed E-state index contributed by atoms with van der Waals surface area (Å²) in [4.78, 5) is 27.5. The number of hydrogen-bond acceptors (Lipinski definition) is 3. The van der Waals surface area contributed by atoms with E-state index in [1.54, 1.807) is 0 Å². The molecular formula is C23H26N2O3. The summed E-state index contributed by atoms with van der Waals surface area (Å²) in [5.74, 6) is -0.644. The molecular weight excluding hydrogens is 352 g/mol. The molecule has 3 aromatic rings. The third-order valence-corrected chi connectivity index (χ3v) is 4.75. The van der Waals surface area contributed by atoms with Gasteiger partial charge in [-0.3, -0.25) is 9.59 Å². The number of aromatic nitrogens is 1. The van der Waals surface area contributed by atoms with E-state index in [4.69, 9.17) is 4.74 Å². The lowest BCUT2D eigenvalue weighted by Gasteiger charge is -2.18. The van der Waals surface area contributed by atoms with Crippen LogP contribution in [0.5, 0.6) is 0 Å². The lowest BCUT2D eigenvalue weighted by atomic mass is 10.0. The first-order chi connectivity index (χ1) is 13.7. The van der Waals surface area contributed by atoms with Crippen molar-refractivity contribution in [3.8, 4) is 0 Å². The van der Waals surface area contributed by atoms with Gasteiger partial charge in [0.15, 0.2) is 6.61 Å². The van der Waals surface area contributed by atoms with Crippen LogP contribution in [0, 0.1) is 0 Å². The molecule has 0 aliphatic carbocycles. The highest BCUT2D eigenvalue weighted by molar-refractivity contribution is 5.84. The van der Waals surface area contributed by atoms with Gasteiger partial charge in [0.05, 0.1) is 6.04 Å². The highest BCUT2D eigenvalue weighted by Crippen LogP contribution is 2.19. The molecule has 1 aromatic heterocycles. The van der Waals surface area contributed by atoms with Crippen LogP contribution in [0.4, 0.5) is 0 Å². The fraction of sp³-hybridized carbons (Fsp3) is 0.304. The van der Waals surface area contributed by atoms with Gasteiger partial charge in [0.25, 0.3) is 5.91 Å². The standard InChI is InChI=1S/C23H26N2O3/c1-2-8-20(17-9-4-3-5-10-17)25-22(26)16-28-23(27)14-13-18-15-24-21-12-7-6-11-19(18)21/h3-7,9-12,15,20,24H,2,8,13-14,16H2,1H3,(H,25,26)/t20-/m1/s1. The van der Waals surface area contributed by atoms with Crippen molar-refractivity contribution in [2.24, 2.45) is 0 Å². The summed E-state index contributed by atoms with van der Waals surface area (Å²) in [6, 6.07) is 17.7. The Morgan fingerprint density at radius 1 is 1.07 bits per heavy atom. The maximum atomic E-state index is 12.2.